The zero-order valence-electron chi connectivity index (χ0n) is 22.3. The second-order valence-corrected chi connectivity index (χ2v) is 19.1. The Kier molecular flexibility index (Phi) is 8.72. The van der Waals surface area contributed by atoms with Crippen LogP contribution in [0.5, 0.6) is 0 Å². The Morgan fingerprint density at radius 3 is 2.41 bits per heavy atom. The molecule has 3 saturated heterocycles. The number of piperazine rings is 1. The molecule has 0 radical (unpaired) electrons. The normalized spacial score (nSPS) is 25.0. The van der Waals surface area contributed by atoms with Crippen LogP contribution in [0.3, 0.4) is 0 Å². The maximum atomic E-state index is 6.02. The van der Waals surface area contributed by atoms with Crippen molar-refractivity contribution in [2.45, 2.75) is 77.6 Å². The Balaban J connectivity index is 1.30. The van der Waals surface area contributed by atoms with Gasteiger partial charge < -0.3 is 19.3 Å². The summed E-state index contributed by atoms with van der Waals surface area (Å²) < 4.78 is 14.7. The van der Waals surface area contributed by atoms with Gasteiger partial charge in [0.1, 0.15) is 6.73 Å². The minimum absolute atomic E-state index is 0.109. The Labute approximate surface area is 221 Å². The van der Waals surface area contributed by atoms with E-state index in [0.717, 1.165) is 38.1 Å². The third-order valence-electron chi connectivity index (χ3n) is 7.92. The van der Waals surface area contributed by atoms with E-state index in [1.165, 1.54) is 60.9 Å². The number of hydrogen-bond acceptors (Lipinski definition) is 6. The SMILES string of the molecule is Cc1c(I)c(N2CC[C@@H](CN3CCN(C4COC4)CC3)CC2(C)C)nn1COCC[Si](C)(C)C. The molecule has 0 aliphatic carbocycles. The molecule has 3 aliphatic heterocycles. The summed E-state index contributed by atoms with van der Waals surface area (Å²) in [6.45, 7) is 24.6. The van der Waals surface area contributed by atoms with Crippen molar-refractivity contribution in [3.05, 3.63) is 9.26 Å². The van der Waals surface area contributed by atoms with E-state index in [2.05, 4.69) is 82.4 Å². The molecule has 1 atom stereocenters. The second-order valence-electron chi connectivity index (χ2n) is 12.4. The monoisotopic (exact) mass is 603 g/mol. The summed E-state index contributed by atoms with van der Waals surface area (Å²) in [5.41, 5.74) is 1.33. The van der Waals surface area contributed by atoms with Gasteiger partial charge in [0.05, 0.1) is 28.5 Å². The van der Waals surface area contributed by atoms with Crippen molar-refractivity contribution >= 4 is 36.5 Å². The quantitative estimate of drug-likeness (QED) is 0.241. The van der Waals surface area contributed by atoms with Crippen molar-refractivity contribution in [3.8, 4) is 0 Å². The number of anilines is 1. The first-order valence-corrected chi connectivity index (χ1v) is 17.9. The number of nitrogens with zero attached hydrogens (tertiary/aromatic N) is 5. The summed E-state index contributed by atoms with van der Waals surface area (Å²) in [7, 11) is -1.07. The molecule has 4 heterocycles. The fourth-order valence-electron chi connectivity index (χ4n) is 5.53. The summed E-state index contributed by atoms with van der Waals surface area (Å²) >= 11 is 2.49. The van der Waals surface area contributed by atoms with Crippen LogP contribution in [-0.4, -0.2) is 98.3 Å². The Morgan fingerprint density at radius 2 is 1.82 bits per heavy atom. The first kappa shape index (κ1) is 26.8. The first-order chi connectivity index (χ1) is 16.0. The number of ether oxygens (including phenoxy) is 2. The third kappa shape index (κ3) is 6.56. The Morgan fingerprint density at radius 1 is 1.12 bits per heavy atom. The molecule has 0 saturated carbocycles. The van der Waals surface area contributed by atoms with Crippen molar-refractivity contribution in [2.24, 2.45) is 5.92 Å². The number of halogens is 1. The van der Waals surface area contributed by atoms with Gasteiger partial charge in [-0.15, -0.1) is 0 Å². The highest BCUT2D eigenvalue weighted by Crippen LogP contribution is 2.38. The first-order valence-electron chi connectivity index (χ1n) is 13.2. The highest BCUT2D eigenvalue weighted by molar-refractivity contribution is 14.1. The summed E-state index contributed by atoms with van der Waals surface area (Å²) in [5.74, 6) is 1.90. The zero-order chi connectivity index (χ0) is 24.5. The maximum absolute atomic E-state index is 6.02. The minimum atomic E-state index is -1.07. The molecule has 1 aromatic rings. The molecule has 194 valence electrons. The van der Waals surface area contributed by atoms with Crippen LogP contribution in [0.25, 0.3) is 0 Å². The Hall–Kier alpha value is -0.203. The summed E-state index contributed by atoms with van der Waals surface area (Å²) in [5, 5.41) is 5.04. The van der Waals surface area contributed by atoms with Crippen molar-refractivity contribution < 1.29 is 9.47 Å². The van der Waals surface area contributed by atoms with Crippen LogP contribution in [0, 0.1) is 16.4 Å². The molecular formula is C25H46IN5O2Si. The maximum Gasteiger partial charge on any atom is 0.164 e. The second kappa shape index (κ2) is 11.0. The van der Waals surface area contributed by atoms with E-state index in [-0.39, 0.29) is 5.54 Å². The van der Waals surface area contributed by atoms with E-state index in [4.69, 9.17) is 14.6 Å². The highest BCUT2D eigenvalue weighted by Gasteiger charge is 2.38. The fourth-order valence-corrected chi connectivity index (χ4v) is 6.96. The predicted molar refractivity (Wildman–Crippen MR) is 151 cm³/mol. The minimum Gasteiger partial charge on any atom is -0.378 e. The molecule has 3 fully saturated rings. The van der Waals surface area contributed by atoms with Gasteiger partial charge in [-0.25, -0.2) is 4.68 Å². The molecule has 4 rings (SSSR count). The molecule has 0 spiro atoms. The van der Waals surface area contributed by atoms with Gasteiger partial charge >= 0.3 is 0 Å². The van der Waals surface area contributed by atoms with Crippen LogP contribution >= 0.6 is 22.6 Å². The van der Waals surface area contributed by atoms with Gasteiger partial charge in [-0.1, -0.05) is 19.6 Å². The number of aromatic nitrogens is 2. The lowest BCUT2D eigenvalue weighted by Gasteiger charge is -2.48. The summed E-state index contributed by atoms with van der Waals surface area (Å²) in [4.78, 5) is 7.89. The van der Waals surface area contributed by atoms with Crippen LogP contribution < -0.4 is 4.90 Å². The van der Waals surface area contributed by atoms with Crippen LogP contribution in [0.15, 0.2) is 0 Å². The van der Waals surface area contributed by atoms with E-state index in [9.17, 15) is 0 Å². The van der Waals surface area contributed by atoms with Gasteiger partial charge in [-0.2, -0.15) is 5.10 Å². The third-order valence-corrected chi connectivity index (χ3v) is 10.9. The molecule has 0 bridgehead atoms. The molecule has 1 aromatic heterocycles. The summed E-state index contributed by atoms with van der Waals surface area (Å²) in [6, 6.07) is 1.88. The van der Waals surface area contributed by atoms with Gasteiger partial charge in [0, 0.05) is 59.5 Å². The Bertz CT molecular complexity index is 815. The number of piperidine rings is 1. The largest absolute Gasteiger partial charge is 0.378 e. The van der Waals surface area contributed by atoms with E-state index in [1.54, 1.807) is 0 Å². The standard InChI is InChI=1S/C25H46IN5O2Si/c1-20-23(26)24(27-31(20)19-32-13-14-34(4,5)6)30-8-7-21(15-25(30,2)3)16-28-9-11-29(12-10-28)22-17-33-18-22/h21-22H,7-19H2,1-6H3/t21-/m1/s1. The van der Waals surface area contributed by atoms with E-state index in [1.807, 2.05) is 0 Å². The molecule has 0 aromatic carbocycles. The van der Waals surface area contributed by atoms with Crippen LogP contribution in [-0.2, 0) is 16.2 Å². The fraction of sp³-hybridized carbons (Fsp3) is 0.880. The molecule has 3 aliphatic rings. The molecule has 34 heavy (non-hydrogen) atoms. The lowest BCUT2D eigenvalue weighted by molar-refractivity contribution is -0.0779. The average molecular weight is 604 g/mol. The van der Waals surface area contributed by atoms with E-state index in [0.29, 0.717) is 12.8 Å². The van der Waals surface area contributed by atoms with Gasteiger partial charge in [-0.3, -0.25) is 4.90 Å². The van der Waals surface area contributed by atoms with Crippen LogP contribution in [0.1, 0.15) is 32.4 Å². The lowest BCUT2D eigenvalue weighted by Crippen LogP contribution is -2.58. The molecular weight excluding hydrogens is 557 g/mol. The van der Waals surface area contributed by atoms with Crippen LogP contribution in [0.4, 0.5) is 5.82 Å². The van der Waals surface area contributed by atoms with Gasteiger partial charge in [-0.05, 0) is 68.2 Å². The van der Waals surface area contributed by atoms with Crippen molar-refractivity contribution in [1.82, 2.24) is 19.6 Å². The van der Waals surface area contributed by atoms with E-state index >= 15 is 0 Å². The smallest absolute Gasteiger partial charge is 0.164 e. The van der Waals surface area contributed by atoms with E-state index < -0.39 is 8.07 Å². The van der Waals surface area contributed by atoms with Crippen molar-refractivity contribution in [1.29, 1.82) is 0 Å². The zero-order valence-corrected chi connectivity index (χ0v) is 25.4. The molecule has 0 amide bonds. The molecule has 9 heteroatoms. The number of rotatable bonds is 9. The molecule has 0 N–H and O–H groups in total. The average Bonchev–Trinajstić information content (AvgIpc) is 2.98. The molecule has 0 unspecified atom stereocenters. The topological polar surface area (TPSA) is 46.0 Å². The van der Waals surface area contributed by atoms with Crippen molar-refractivity contribution in [2.75, 3.05) is 64.0 Å². The highest BCUT2D eigenvalue weighted by atomic mass is 127. The van der Waals surface area contributed by atoms with Crippen molar-refractivity contribution in [3.63, 3.8) is 0 Å². The number of hydrogen-bond donors (Lipinski definition) is 0. The summed E-state index contributed by atoms with van der Waals surface area (Å²) in [6.07, 6.45) is 2.47. The van der Waals surface area contributed by atoms with Crippen LogP contribution in [0.2, 0.25) is 25.7 Å². The van der Waals surface area contributed by atoms with Gasteiger partial charge in [0.2, 0.25) is 0 Å². The lowest BCUT2D eigenvalue weighted by atomic mass is 9.82. The van der Waals surface area contributed by atoms with Gasteiger partial charge in [0.15, 0.2) is 5.82 Å². The molecule has 7 nitrogen and oxygen atoms in total. The van der Waals surface area contributed by atoms with Gasteiger partial charge in [0.25, 0.3) is 0 Å². The predicted octanol–water partition coefficient (Wildman–Crippen LogP) is 4.12.